The molecular formula is C44H35N. The van der Waals surface area contributed by atoms with Crippen molar-refractivity contribution in [3.63, 3.8) is 0 Å². The Labute approximate surface area is 264 Å². The summed E-state index contributed by atoms with van der Waals surface area (Å²) in [5, 5.41) is 7.91. The second-order valence-corrected chi connectivity index (χ2v) is 13.8. The van der Waals surface area contributed by atoms with E-state index in [0.29, 0.717) is 0 Å². The largest absolute Gasteiger partial charge is 0.309 e. The second-order valence-electron chi connectivity index (χ2n) is 13.8. The molecule has 9 rings (SSSR count). The van der Waals surface area contributed by atoms with Crippen molar-refractivity contribution in [3.05, 3.63) is 151 Å². The molecule has 0 saturated heterocycles. The molecule has 0 spiro atoms. The van der Waals surface area contributed by atoms with E-state index in [2.05, 4.69) is 172 Å². The molecule has 1 aliphatic carbocycles. The first-order valence-corrected chi connectivity index (χ1v) is 16.0. The van der Waals surface area contributed by atoms with Crippen LogP contribution in [0.1, 0.15) is 38.8 Å². The Morgan fingerprint density at radius 2 is 1.11 bits per heavy atom. The molecular weight excluding hydrogens is 542 g/mol. The molecule has 8 aromatic rings. The predicted molar refractivity (Wildman–Crippen MR) is 193 cm³/mol. The zero-order valence-electron chi connectivity index (χ0n) is 26.2. The molecule has 1 heteroatoms. The van der Waals surface area contributed by atoms with E-state index in [0.717, 1.165) is 0 Å². The van der Waals surface area contributed by atoms with Gasteiger partial charge in [0.2, 0.25) is 0 Å². The van der Waals surface area contributed by atoms with Crippen LogP contribution in [0, 0.1) is 0 Å². The minimum atomic E-state index is -0.107. The normalized spacial score (nSPS) is 15.0. The van der Waals surface area contributed by atoms with Crippen LogP contribution in [-0.4, -0.2) is 4.57 Å². The maximum Gasteiger partial charge on any atom is 0.0541 e. The van der Waals surface area contributed by atoms with Crippen LogP contribution < -0.4 is 0 Å². The molecule has 0 radical (unpaired) electrons. The lowest BCUT2D eigenvalue weighted by atomic mass is 9.54. The van der Waals surface area contributed by atoms with E-state index >= 15 is 0 Å². The molecule has 0 N–H and O–H groups in total. The van der Waals surface area contributed by atoms with Crippen molar-refractivity contribution in [2.75, 3.05) is 0 Å². The quantitative estimate of drug-likeness (QED) is 0.180. The lowest BCUT2D eigenvalue weighted by Crippen LogP contribution is -2.43. The average molecular weight is 578 g/mol. The van der Waals surface area contributed by atoms with Crippen molar-refractivity contribution in [1.82, 2.24) is 4.57 Å². The molecule has 0 aliphatic heterocycles. The van der Waals surface area contributed by atoms with E-state index in [4.69, 9.17) is 0 Å². The van der Waals surface area contributed by atoms with Gasteiger partial charge in [0.15, 0.2) is 0 Å². The summed E-state index contributed by atoms with van der Waals surface area (Å²) in [4.78, 5) is 0. The zero-order chi connectivity index (χ0) is 30.5. The average Bonchev–Trinajstić information content (AvgIpc) is 3.41. The standard InChI is InChI=1S/C44H35N/c1-43(2)39-27-31(45-40-17-11-10-16-35(40)38-26-30(19-25-41(38)45)28-12-6-5-7-13-28)20-22-34(39)37-24-23-33-32-15-9-8-14-29(32)18-21-36(33)42(37)44(43,3)4/h5-27H,1-4H3. The van der Waals surface area contributed by atoms with Gasteiger partial charge in [-0.1, -0.05) is 137 Å². The number of rotatable bonds is 2. The van der Waals surface area contributed by atoms with Crippen molar-refractivity contribution >= 4 is 43.4 Å². The van der Waals surface area contributed by atoms with Gasteiger partial charge in [-0.3, -0.25) is 0 Å². The fourth-order valence-corrected chi connectivity index (χ4v) is 8.12. The summed E-state index contributed by atoms with van der Waals surface area (Å²) in [5.41, 5.74) is 11.6. The topological polar surface area (TPSA) is 4.93 Å². The minimum absolute atomic E-state index is 0.0959. The Bertz CT molecular complexity index is 2470. The van der Waals surface area contributed by atoms with Crippen LogP contribution in [0.15, 0.2) is 140 Å². The summed E-state index contributed by atoms with van der Waals surface area (Å²) in [5.74, 6) is 0. The summed E-state index contributed by atoms with van der Waals surface area (Å²) in [7, 11) is 0. The maximum atomic E-state index is 2.47. The lowest BCUT2D eigenvalue weighted by Gasteiger charge is -2.49. The molecule has 1 aliphatic rings. The van der Waals surface area contributed by atoms with Gasteiger partial charge in [-0.2, -0.15) is 0 Å². The molecule has 1 nitrogen and oxygen atoms in total. The summed E-state index contributed by atoms with van der Waals surface area (Å²) in [6.45, 7) is 9.77. The summed E-state index contributed by atoms with van der Waals surface area (Å²) in [6.07, 6.45) is 0. The molecule has 7 aromatic carbocycles. The first-order chi connectivity index (χ1) is 21.8. The smallest absolute Gasteiger partial charge is 0.0541 e. The minimum Gasteiger partial charge on any atom is -0.309 e. The monoisotopic (exact) mass is 577 g/mol. The third kappa shape index (κ3) is 3.56. The van der Waals surface area contributed by atoms with Gasteiger partial charge < -0.3 is 4.57 Å². The third-order valence-corrected chi connectivity index (χ3v) is 11.1. The second kappa shape index (κ2) is 9.19. The lowest BCUT2D eigenvalue weighted by molar-refractivity contribution is 0.301. The van der Waals surface area contributed by atoms with Crippen LogP contribution >= 0.6 is 0 Å². The molecule has 0 saturated carbocycles. The number of nitrogens with zero attached hydrogens (tertiary/aromatic N) is 1. The van der Waals surface area contributed by atoms with Gasteiger partial charge in [0.1, 0.15) is 0 Å². The van der Waals surface area contributed by atoms with E-state index < -0.39 is 0 Å². The van der Waals surface area contributed by atoms with Crippen molar-refractivity contribution in [2.24, 2.45) is 0 Å². The molecule has 0 fully saturated rings. The van der Waals surface area contributed by atoms with Crippen LogP contribution in [0.4, 0.5) is 0 Å². The summed E-state index contributed by atoms with van der Waals surface area (Å²) < 4.78 is 2.46. The Balaban J connectivity index is 1.29. The third-order valence-electron chi connectivity index (χ3n) is 11.1. The Morgan fingerprint density at radius 3 is 1.96 bits per heavy atom. The Hall–Kier alpha value is -5.14. The molecule has 0 unspecified atom stereocenters. The number of fused-ring (bicyclic) bond motifs is 10. The van der Waals surface area contributed by atoms with Crippen molar-refractivity contribution in [1.29, 1.82) is 0 Å². The van der Waals surface area contributed by atoms with Gasteiger partial charge in [-0.05, 0) is 90.7 Å². The van der Waals surface area contributed by atoms with Gasteiger partial charge >= 0.3 is 0 Å². The molecule has 216 valence electrons. The molecule has 0 atom stereocenters. The highest BCUT2D eigenvalue weighted by molar-refractivity contribution is 6.12. The van der Waals surface area contributed by atoms with Gasteiger partial charge in [0.05, 0.1) is 11.0 Å². The van der Waals surface area contributed by atoms with Crippen molar-refractivity contribution < 1.29 is 0 Å². The van der Waals surface area contributed by atoms with Crippen LogP contribution in [-0.2, 0) is 10.8 Å². The van der Waals surface area contributed by atoms with Gasteiger partial charge in [-0.25, -0.2) is 0 Å². The van der Waals surface area contributed by atoms with Gasteiger partial charge in [0, 0.05) is 21.9 Å². The summed E-state index contributed by atoms with van der Waals surface area (Å²) in [6, 6.07) is 51.8. The zero-order valence-corrected chi connectivity index (χ0v) is 26.2. The molecule has 1 heterocycles. The van der Waals surface area contributed by atoms with Crippen LogP contribution in [0.3, 0.4) is 0 Å². The molecule has 45 heavy (non-hydrogen) atoms. The molecule has 1 aromatic heterocycles. The van der Waals surface area contributed by atoms with Crippen LogP contribution in [0.5, 0.6) is 0 Å². The predicted octanol–water partition coefficient (Wildman–Crippen LogP) is 12.0. The van der Waals surface area contributed by atoms with E-state index in [1.165, 1.54) is 82.4 Å². The number of hydrogen-bond donors (Lipinski definition) is 0. The molecule has 0 amide bonds. The van der Waals surface area contributed by atoms with Crippen LogP contribution in [0.25, 0.3) is 71.3 Å². The van der Waals surface area contributed by atoms with E-state index in [1.54, 1.807) is 0 Å². The highest BCUT2D eigenvalue weighted by Crippen LogP contribution is 2.56. The SMILES string of the molecule is CC1(C)c2cc(-n3c4ccccc4c4cc(-c5ccccc5)ccc43)ccc2-c2ccc3c(ccc4ccccc43)c2C1(C)C. The first kappa shape index (κ1) is 26.3. The number of aromatic nitrogens is 1. The van der Waals surface area contributed by atoms with Gasteiger partial charge in [0.25, 0.3) is 0 Å². The highest BCUT2D eigenvalue weighted by Gasteiger charge is 2.46. The fraction of sp³-hybridized carbons (Fsp3) is 0.136. The summed E-state index contributed by atoms with van der Waals surface area (Å²) >= 11 is 0. The van der Waals surface area contributed by atoms with Crippen molar-refractivity contribution in [2.45, 2.75) is 38.5 Å². The van der Waals surface area contributed by atoms with E-state index in [-0.39, 0.29) is 10.8 Å². The first-order valence-electron chi connectivity index (χ1n) is 16.0. The van der Waals surface area contributed by atoms with Gasteiger partial charge in [-0.15, -0.1) is 0 Å². The number of hydrogen-bond acceptors (Lipinski definition) is 0. The van der Waals surface area contributed by atoms with E-state index in [9.17, 15) is 0 Å². The fourth-order valence-electron chi connectivity index (χ4n) is 8.12. The Kier molecular flexibility index (Phi) is 5.37. The number of para-hydroxylation sites is 1. The highest BCUT2D eigenvalue weighted by atomic mass is 15.0. The molecule has 0 bridgehead atoms. The van der Waals surface area contributed by atoms with Crippen LogP contribution in [0.2, 0.25) is 0 Å². The maximum absolute atomic E-state index is 2.47. The van der Waals surface area contributed by atoms with Crippen molar-refractivity contribution in [3.8, 4) is 27.9 Å². The number of benzene rings is 7. The van der Waals surface area contributed by atoms with E-state index in [1.807, 2.05) is 0 Å². The Morgan fingerprint density at radius 1 is 0.422 bits per heavy atom.